The van der Waals surface area contributed by atoms with Gasteiger partial charge in [-0.1, -0.05) is 45.4 Å². The van der Waals surface area contributed by atoms with E-state index in [1.807, 2.05) is 0 Å². The Morgan fingerprint density at radius 1 is 1.29 bits per heavy atom. The molecule has 3 heteroatoms. The van der Waals surface area contributed by atoms with Gasteiger partial charge in [0.05, 0.1) is 5.92 Å². The third kappa shape index (κ3) is 5.53. The molecule has 17 heavy (non-hydrogen) atoms. The predicted molar refractivity (Wildman–Crippen MR) is 69.8 cm³/mol. The van der Waals surface area contributed by atoms with Gasteiger partial charge < -0.3 is 10.8 Å². The van der Waals surface area contributed by atoms with E-state index in [2.05, 4.69) is 6.92 Å². The fraction of sp³-hybridized carbons (Fsp3) is 0.929. The first-order chi connectivity index (χ1) is 8.13. The van der Waals surface area contributed by atoms with Crippen molar-refractivity contribution in [3.63, 3.8) is 0 Å². The lowest BCUT2D eigenvalue weighted by atomic mass is 9.90. The predicted octanol–water partition coefficient (Wildman–Crippen LogP) is 3.03. The first kappa shape index (κ1) is 14.5. The van der Waals surface area contributed by atoms with E-state index < -0.39 is 5.97 Å². The monoisotopic (exact) mass is 241 g/mol. The molecule has 0 aromatic heterocycles. The highest BCUT2D eigenvalue weighted by atomic mass is 16.4. The molecular weight excluding hydrogens is 214 g/mol. The van der Waals surface area contributed by atoms with E-state index in [0.717, 1.165) is 18.8 Å². The first-order valence-electron chi connectivity index (χ1n) is 7.06. The SMILES string of the molecule is CC(CCC1CCCC1)CC[C@H](CN)C(=O)O. The molecule has 1 fully saturated rings. The van der Waals surface area contributed by atoms with Gasteiger partial charge >= 0.3 is 5.97 Å². The van der Waals surface area contributed by atoms with Crippen LogP contribution in [0.3, 0.4) is 0 Å². The van der Waals surface area contributed by atoms with Crippen LogP contribution in [0.15, 0.2) is 0 Å². The van der Waals surface area contributed by atoms with Crippen molar-refractivity contribution in [2.45, 2.75) is 58.3 Å². The van der Waals surface area contributed by atoms with Crippen molar-refractivity contribution in [1.82, 2.24) is 0 Å². The molecule has 0 amide bonds. The zero-order valence-corrected chi connectivity index (χ0v) is 11.0. The Morgan fingerprint density at radius 3 is 2.47 bits per heavy atom. The highest BCUT2D eigenvalue weighted by Crippen LogP contribution is 2.30. The van der Waals surface area contributed by atoms with E-state index in [-0.39, 0.29) is 12.5 Å². The fourth-order valence-electron chi connectivity index (χ4n) is 2.79. The van der Waals surface area contributed by atoms with Crippen LogP contribution < -0.4 is 5.73 Å². The molecule has 0 bridgehead atoms. The summed E-state index contributed by atoms with van der Waals surface area (Å²) in [5, 5.41) is 8.91. The number of carbonyl (C=O) groups is 1. The molecule has 0 aliphatic heterocycles. The Balaban J connectivity index is 2.11. The van der Waals surface area contributed by atoms with Crippen molar-refractivity contribution in [2.24, 2.45) is 23.5 Å². The minimum Gasteiger partial charge on any atom is -0.481 e. The van der Waals surface area contributed by atoms with Crippen LogP contribution in [0.25, 0.3) is 0 Å². The zero-order valence-electron chi connectivity index (χ0n) is 11.0. The Labute approximate surface area is 105 Å². The lowest BCUT2D eigenvalue weighted by molar-refractivity contribution is -0.141. The summed E-state index contributed by atoms with van der Waals surface area (Å²) in [5.41, 5.74) is 5.45. The maximum atomic E-state index is 10.8. The van der Waals surface area contributed by atoms with Gasteiger partial charge in [0.1, 0.15) is 0 Å². The van der Waals surface area contributed by atoms with Gasteiger partial charge in [-0.15, -0.1) is 0 Å². The number of aliphatic carboxylic acids is 1. The van der Waals surface area contributed by atoms with Gasteiger partial charge in [0, 0.05) is 6.54 Å². The standard InChI is InChI=1S/C14H27NO2/c1-11(6-8-12-4-2-3-5-12)7-9-13(10-15)14(16)17/h11-13H,2-10,15H2,1H3,(H,16,17)/t11?,13-/m1/s1. The summed E-state index contributed by atoms with van der Waals surface area (Å²) in [6.07, 6.45) is 9.96. The summed E-state index contributed by atoms with van der Waals surface area (Å²) in [7, 11) is 0. The average molecular weight is 241 g/mol. The van der Waals surface area contributed by atoms with E-state index in [9.17, 15) is 4.79 Å². The van der Waals surface area contributed by atoms with Gasteiger partial charge in [0.2, 0.25) is 0 Å². The largest absolute Gasteiger partial charge is 0.481 e. The summed E-state index contributed by atoms with van der Waals surface area (Å²) >= 11 is 0. The summed E-state index contributed by atoms with van der Waals surface area (Å²) in [6, 6.07) is 0. The molecule has 0 spiro atoms. The Morgan fingerprint density at radius 2 is 1.94 bits per heavy atom. The normalized spacial score (nSPS) is 20.4. The lowest BCUT2D eigenvalue weighted by Gasteiger charge is -2.16. The molecule has 3 nitrogen and oxygen atoms in total. The number of hydrogen-bond acceptors (Lipinski definition) is 2. The van der Waals surface area contributed by atoms with Gasteiger partial charge in [-0.3, -0.25) is 4.79 Å². The van der Waals surface area contributed by atoms with Crippen LogP contribution in [-0.2, 0) is 4.79 Å². The molecule has 0 heterocycles. The van der Waals surface area contributed by atoms with Gasteiger partial charge in [-0.2, -0.15) is 0 Å². The number of nitrogens with two attached hydrogens (primary N) is 1. The highest BCUT2D eigenvalue weighted by Gasteiger charge is 2.18. The molecule has 1 aliphatic carbocycles. The van der Waals surface area contributed by atoms with Crippen molar-refractivity contribution in [2.75, 3.05) is 6.54 Å². The van der Waals surface area contributed by atoms with Gasteiger partial charge in [0.15, 0.2) is 0 Å². The van der Waals surface area contributed by atoms with E-state index in [0.29, 0.717) is 5.92 Å². The van der Waals surface area contributed by atoms with Crippen LogP contribution in [0.4, 0.5) is 0 Å². The molecule has 2 atom stereocenters. The lowest BCUT2D eigenvalue weighted by Crippen LogP contribution is -2.23. The summed E-state index contributed by atoms with van der Waals surface area (Å²) in [4.78, 5) is 10.8. The molecule has 1 rings (SSSR count). The molecule has 1 aliphatic rings. The molecule has 100 valence electrons. The second kappa shape index (κ2) is 7.70. The molecular formula is C14H27NO2. The topological polar surface area (TPSA) is 63.3 Å². The smallest absolute Gasteiger partial charge is 0.307 e. The highest BCUT2D eigenvalue weighted by molar-refractivity contribution is 5.70. The first-order valence-corrected chi connectivity index (χ1v) is 7.06. The number of hydrogen-bond donors (Lipinski definition) is 2. The second-order valence-electron chi connectivity index (χ2n) is 5.68. The van der Waals surface area contributed by atoms with Gasteiger partial charge in [-0.05, 0) is 24.7 Å². The molecule has 0 radical (unpaired) electrons. The zero-order chi connectivity index (χ0) is 12.7. The summed E-state index contributed by atoms with van der Waals surface area (Å²) in [6.45, 7) is 2.51. The maximum absolute atomic E-state index is 10.8. The van der Waals surface area contributed by atoms with E-state index in [1.54, 1.807) is 0 Å². The van der Waals surface area contributed by atoms with Crippen molar-refractivity contribution in [3.8, 4) is 0 Å². The van der Waals surface area contributed by atoms with E-state index in [4.69, 9.17) is 10.8 Å². The van der Waals surface area contributed by atoms with Crippen LogP contribution in [-0.4, -0.2) is 17.6 Å². The van der Waals surface area contributed by atoms with E-state index >= 15 is 0 Å². The van der Waals surface area contributed by atoms with Crippen molar-refractivity contribution in [3.05, 3.63) is 0 Å². The molecule has 1 saturated carbocycles. The average Bonchev–Trinajstić information content (AvgIpc) is 2.79. The molecule has 0 aromatic rings. The molecule has 3 N–H and O–H groups in total. The van der Waals surface area contributed by atoms with Gasteiger partial charge in [-0.25, -0.2) is 0 Å². The van der Waals surface area contributed by atoms with Gasteiger partial charge in [0.25, 0.3) is 0 Å². The molecule has 1 unspecified atom stereocenters. The van der Waals surface area contributed by atoms with Crippen molar-refractivity contribution < 1.29 is 9.90 Å². The van der Waals surface area contributed by atoms with Crippen LogP contribution in [0, 0.1) is 17.8 Å². The number of carboxylic acid groups (broad SMARTS) is 1. The number of rotatable bonds is 8. The third-order valence-corrected chi connectivity index (χ3v) is 4.18. The Bertz CT molecular complexity index is 224. The van der Waals surface area contributed by atoms with Crippen LogP contribution in [0.2, 0.25) is 0 Å². The van der Waals surface area contributed by atoms with Crippen molar-refractivity contribution in [1.29, 1.82) is 0 Å². The quantitative estimate of drug-likeness (QED) is 0.686. The minimum atomic E-state index is -0.740. The Hall–Kier alpha value is -0.570. The van der Waals surface area contributed by atoms with Crippen LogP contribution in [0.5, 0.6) is 0 Å². The van der Waals surface area contributed by atoms with Crippen LogP contribution in [0.1, 0.15) is 58.3 Å². The summed E-state index contributed by atoms with van der Waals surface area (Å²) < 4.78 is 0. The molecule has 0 aromatic carbocycles. The fourth-order valence-corrected chi connectivity index (χ4v) is 2.79. The van der Waals surface area contributed by atoms with E-state index in [1.165, 1.54) is 38.5 Å². The van der Waals surface area contributed by atoms with Crippen molar-refractivity contribution >= 4 is 5.97 Å². The minimum absolute atomic E-state index is 0.269. The molecule has 0 saturated heterocycles. The summed E-state index contributed by atoms with van der Waals surface area (Å²) in [5.74, 6) is 0.505. The number of carboxylic acids is 1. The second-order valence-corrected chi connectivity index (χ2v) is 5.68. The third-order valence-electron chi connectivity index (χ3n) is 4.18. The van der Waals surface area contributed by atoms with Crippen LogP contribution >= 0.6 is 0 Å². The maximum Gasteiger partial charge on any atom is 0.307 e. The Kier molecular flexibility index (Phi) is 6.56.